The largest absolute Gasteiger partial charge is 0.455 e. The first kappa shape index (κ1) is 22.9. The smallest absolute Gasteiger partial charge is 0.326 e. The van der Waals surface area contributed by atoms with Gasteiger partial charge in [0.25, 0.3) is 5.91 Å². The molecule has 0 saturated heterocycles. The number of hydrogen-bond donors (Lipinski definition) is 2. The summed E-state index contributed by atoms with van der Waals surface area (Å²) < 4.78 is 6.01. The van der Waals surface area contributed by atoms with Crippen molar-refractivity contribution in [2.45, 2.75) is 20.8 Å². The van der Waals surface area contributed by atoms with Crippen LogP contribution in [0.1, 0.15) is 27.0 Å². The van der Waals surface area contributed by atoms with Gasteiger partial charge in [0.2, 0.25) is 0 Å². The van der Waals surface area contributed by atoms with E-state index in [4.69, 9.17) is 39.5 Å². The number of nitrogens with one attached hydrogen (secondary N) is 2. The molecule has 0 saturated carbocycles. The minimum atomic E-state index is -0.666. The van der Waals surface area contributed by atoms with E-state index in [-0.39, 0.29) is 10.6 Å². The standard InChI is InChI=1S/C23H19Cl3N2O3/c1-12-10-19(27-23(30)28-22(29)16-6-4-5-7-17(16)25)13(2)14(3)21(12)31-20-9-8-15(24)11-18(20)26/h4-11H,1-3H3,(H2,27,28,29,30). The first-order valence-corrected chi connectivity index (χ1v) is 10.4. The number of ether oxygens (including phenoxy) is 1. The molecule has 0 aliphatic rings. The summed E-state index contributed by atoms with van der Waals surface area (Å²) in [7, 11) is 0. The molecule has 0 bridgehead atoms. The third-order valence-corrected chi connectivity index (χ3v) is 5.59. The second kappa shape index (κ2) is 9.60. The maximum absolute atomic E-state index is 12.4. The number of carbonyl (C=O) groups is 2. The number of benzene rings is 3. The molecule has 160 valence electrons. The van der Waals surface area contributed by atoms with Crippen LogP contribution in [0.25, 0.3) is 0 Å². The first-order chi connectivity index (χ1) is 14.7. The van der Waals surface area contributed by atoms with Gasteiger partial charge in [0, 0.05) is 10.7 Å². The van der Waals surface area contributed by atoms with E-state index < -0.39 is 11.9 Å². The predicted octanol–water partition coefficient (Wildman–Crippen LogP) is 7.33. The second-order valence-corrected chi connectivity index (χ2v) is 8.14. The maximum atomic E-state index is 12.4. The van der Waals surface area contributed by atoms with Crippen LogP contribution in [0, 0.1) is 20.8 Å². The molecule has 0 unspecified atom stereocenters. The highest BCUT2D eigenvalue weighted by molar-refractivity contribution is 6.35. The molecule has 31 heavy (non-hydrogen) atoms. The zero-order chi connectivity index (χ0) is 22.7. The Bertz CT molecular complexity index is 1180. The number of rotatable bonds is 4. The van der Waals surface area contributed by atoms with Gasteiger partial charge in [0.05, 0.1) is 15.6 Å². The van der Waals surface area contributed by atoms with E-state index in [1.807, 2.05) is 20.8 Å². The predicted molar refractivity (Wildman–Crippen MR) is 125 cm³/mol. The molecule has 0 aliphatic heterocycles. The van der Waals surface area contributed by atoms with Crippen LogP contribution >= 0.6 is 34.8 Å². The SMILES string of the molecule is Cc1cc(NC(=O)NC(=O)c2ccccc2Cl)c(C)c(C)c1Oc1ccc(Cl)cc1Cl. The molecule has 0 aliphatic carbocycles. The second-order valence-electron chi connectivity index (χ2n) is 6.89. The summed E-state index contributed by atoms with van der Waals surface area (Å²) >= 11 is 18.2. The minimum absolute atomic E-state index is 0.215. The highest BCUT2D eigenvalue weighted by Gasteiger charge is 2.17. The molecule has 0 heterocycles. The molecule has 0 spiro atoms. The normalized spacial score (nSPS) is 10.5. The molecule has 5 nitrogen and oxygen atoms in total. The van der Waals surface area contributed by atoms with E-state index >= 15 is 0 Å². The Morgan fingerprint density at radius 1 is 0.871 bits per heavy atom. The quantitative estimate of drug-likeness (QED) is 0.413. The Balaban J connectivity index is 1.79. The Morgan fingerprint density at radius 2 is 1.58 bits per heavy atom. The fourth-order valence-electron chi connectivity index (χ4n) is 2.98. The Kier molecular flexibility index (Phi) is 7.11. The lowest BCUT2D eigenvalue weighted by atomic mass is 10.0. The van der Waals surface area contributed by atoms with Gasteiger partial charge < -0.3 is 10.1 Å². The van der Waals surface area contributed by atoms with Gasteiger partial charge in [-0.25, -0.2) is 4.79 Å². The summed E-state index contributed by atoms with van der Waals surface area (Å²) in [5, 5.41) is 6.16. The zero-order valence-corrected chi connectivity index (χ0v) is 19.2. The van der Waals surface area contributed by atoms with E-state index in [1.54, 1.807) is 48.5 Å². The summed E-state index contributed by atoms with van der Waals surface area (Å²) in [6, 6.07) is 12.6. The fraction of sp³-hybridized carbons (Fsp3) is 0.130. The summed E-state index contributed by atoms with van der Waals surface area (Å²) in [6.07, 6.45) is 0. The van der Waals surface area contributed by atoms with Crippen molar-refractivity contribution in [2.24, 2.45) is 0 Å². The van der Waals surface area contributed by atoms with Crippen molar-refractivity contribution >= 4 is 52.4 Å². The summed E-state index contributed by atoms with van der Waals surface area (Å²) in [5.41, 5.74) is 3.15. The Hall–Kier alpha value is -2.73. The van der Waals surface area contributed by atoms with Crippen molar-refractivity contribution in [1.82, 2.24) is 5.32 Å². The number of urea groups is 1. The lowest BCUT2D eigenvalue weighted by molar-refractivity contribution is 0.0967. The van der Waals surface area contributed by atoms with Crippen molar-refractivity contribution in [3.05, 3.63) is 85.9 Å². The van der Waals surface area contributed by atoms with Crippen LogP contribution in [0.4, 0.5) is 10.5 Å². The molecule has 0 atom stereocenters. The van der Waals surface area contributed by atoms with Gasteiger partial charge in [-0.2, -0.15) is 0 Å². The number of aryl methyl sites for hydroxylation is 1. The van der Waals surface area contributed by atoms with Crippen LogP contribution in [0.2, 0.25) is 15.1 Å². The van der Waals surface area contributed by atoms with E-state index in [0.717, 1.165) is 16.7 Å². The summed E-state index contributed by atoms with van der Waals surface area (Å²) in [4.78, 5) is 24.7. The van der Waals surface area contributed by atoms with Crippen molar-refractivity contribution in [3.8, 4) is 11.5 Å². The third kappa shape index (κ3) is 5.31. The number of imide groups is 1. The summed E-state index contributed by atoms with van der Waals surface area (Å²) in [6.45, 7) is 5.57. The van der Waals surface area contributed by atoms with Crippen LogP contribution in [0.15, 0.2) is 48.5 Å². The van der Waals surface area contributed by atoms with Gasteiger partial charge in [0.15, 0.2) is 0 Å². The number of anilines is 1. The molecule has 0 fully saturated rings. The molecule has 3 aromatic carbocycles. The van der Waals surface area contributed by atoms with E-state index in [1.165, 1.54) is 0 Å². The summed E-state index contributed by atoms with van der Waals surface area (Å²) in [5.74, 6) is 0.506. The molecule has 3 rings (SSSR count). The van der Waals surface area contributed by atoms with Crippen molar-refractivity contribution in [1.29, 1.82) is 0 Å². The van der Waals surface area contributed by atoms with Crippen LogP contribution in [0.3, 0.4) is 0 Å². The molecule has 0 aromatic heterocycles. The molecule has 2 N–H and O–H groups in total. The van der Waals surface area contributed by atoms with Crippen molar-refractivity contribution < 1.29 is 14.3 Å². The molecule has 3 aromatic rings. The maximum Gasteiger partial charge on any atom is 0.326 e. The number of hydrogen-bond acceptors (Lipinski definition) is 3. The average molecular weight is 478 g/mol. The Morgan fingerprint density at radius 3 is 2.26 bits per heavy atom. The van der Waals surface area contributed by atoms with Gasteiger partial charge >= 0.3 is 6.03 Å². The van der Waals surface area contributed by atoms with Crippen LogP contribution in [-0.4, -0.2) is 11.9 Å². The topological polar surface area (TPSA) is 67.4 Å². The highest BCUT2D eigenvalue weighted by atomic mass is 35.5. The van der Waals surface area contributed by atoms with Gasteiger partial charge in [-0.3, -0.25) is 10.1 Å². The zero-order valence-electron chi connectivity index (χ0n) is 17.0. The number of halogens is 3. The van der Waals surface area contributed by atoms with Gasteiger partial charge in [-0.05, 0) is 73.9 Å². The van der Waals surface area contributed by atoms with Crippen molar-refractivity contribution in [2.75, 3.05) is 5.32 Å². The van der Waals surface area contributed by atoms with E-state index in [0.29, 0.717) is 27.2 Å². The van der Waals surface area contributed by atoms with Crippen LogP contribution < -0.4 is 15.4 Å². The van der Waals surface area contributed by atoms with Crippen molar-refractivity contribution in [3.63, 3.8) is 0 Å². The number of carbonyl (C=O) groups excluding carboxylic acids is 2. The van der Waals surface area contributed by atoms with Crippen LogP contribution in [0.5, 0.6) is 11.5 Å². The van der Waals surface area contributed by atoms with Gasteiger partial charge in [-0.15, -0.1) is 0 Å². The third-order valence-electron chi connectivity index (χ3n) is 4.73. The lowest BCUT2D eigenvalue weighted by Gasteiger charge is -2.18. The first-order valence-electron chi connectivity index (χ1n) is 9.28. The van der Waals surface area contributed by atoms with Crippen LogP contribution in [-0.2, 0) is 0 Å². The lowest BCUT2D eigenvalue weighted by Crippen LogP contribution is -2.34. The molecular formula is C23H19Cl3N2O3. The molecule has 8 heteroatoms. The minimum Gasteiger partial charge on any atom is -0.455 e. The average Bonchev–Trinajstić information content (AvgIpc) is 2.70. The molecule has 0 radical (unpaired) electrons. The Labute approximate surface area is 195 Å². The molecule has 3 amide bonds. The number of amides is 3. The van der Waals surface area contributed by atoms with E-state index in [9.17, 15) is 9.59 Å². The fourth-order valence-corrected chi connectivity index (χ4v) is 3.65. The van der Waals surface area contributed by atoms with Gasteiger partial charge in [-0.1, -0.05) is 46.9 Å². The van der Waals surface area contributed by atoms with Gasteiger partial charge in [0.1, 0.15) is 11.5 Å². The van der Waals surface area contributed by atoms with E-state index in [2.05, 4.69) is 10.6 Å². The molecular weight excluding hydrogens is 459 g/mol. The monoisotopic (exact) mass is 476 g/mol. The highest BCUT2D eigenvalue weighted by Crippen LogP contribution is 2.38.